The molecule has 2 rings (SSSR count). The van der Waals surface area contributed by atoms with Crippen LogP contribution < -0.4 is 10.6 Å². The van der Waals surface area contributed by atoms with Gasteiger partial charge in [0.1, 0.15) is 0 Å². The molecule has 0 atom stereocenters. The molecular formula is C12H13N3S2. The summed E-state index contributed by atoms with van der Waals surface area (Å²) in [5.74, 6) is 0. The molecule has 0 aliphatic heterocycles. The molecular weight excluding hydrogens is 250 g/mol. The van der Waals surface area contributed by atoms with Gasteiger partial charge < -0.3 is 10.6 Å². The highest BCUT2D eigenvalue weighted by Gasteiger charge is 2.04. The van der Waals surface area contributed by atoms with Crippen LogP contribution in [0.5, 0.6) is 0 Å². The van der Waals surface area contributed by atoms with Crippen molar-refractivity contribution in [2.75, 3.05) is 11.9 Å². The first kappa shape index (κ1) is 12.0. The fourth-order valence-corrected chi connectivity index (χ4v) is 2.40. The van der Waals surface area contributed by atoms with Crippen LogP contribution in [0.3, 0.4) is 0 Å². The van der Waals surface area contributed by atoms with Gasteiger partial charge in [-0.2, -0.15) is 0 Å². The highest BCUT2D eigenvalue weighted by atomic mass is 32.1. The Morgan fingerprint density at radius 3 is 2.82 bits per heavy atom. The van der Waals surface area contributed by atoms with Crippen LogP contribution in [0.2, 0.25) is 0 Å². The highest BCUT2D eigenvalue weighted by Crippen LogP contribution is 2.24. The third-order valence-corrected chi connectivity index (χ3v) is 3.14. The lowest BCUT2D eigenvalue weighted by Gasteiger charge is -2.04. The zero-order chi connectivity index (χ0) is 12.1. The van der Waals surface area contributed by atoms with Gasteiger partial charge in [0.25, 0.3) is 0 Å². The normalized spacial score (nSPS) is 9.94. The lowest BCUT2D eigenvalue weighted by atomic mass is 10.2. The van der Waals surface area contributed by atoms with Crippen LogP contribution in [-0.4, -0.2) is 16.6 Å². The van der Waals surface area contributed by atoms with E-state index in [2.05, 4.69) is 15.6 Å². The zero-order valence-corrected chi connectivity index (χ0v) is 11.1. The van der Waals surface area contributed by atoms with E-state index in [1.54, 1.807) is 11.3 Å². The van der Waals surface area contributed by atoms with Crippen molar-refractivity contribution in [2.45, 2.75) is 6.92 Å². The summed E-state index contributed by atoms with van der Waals surface area (Å²) in [5, 5.41) is 9.54. The fraction of sp³-hybridized carbons (Fsp3) is 0.167. The van der Waals surface area contributed by atoms with Crippen molar-refractivity contribution in [3.05, 3.63) is 35.7 Å². The second-order valence-electron chi connectivity index (χ2n) is 3.39. The molecule has 1 heterocycles. The number of hydrogen-bond donors (Lipinski definition) is 2. The number of aromatic nitrogens is 1. The van der Waals surface area contributed by atoms with Crippen LogP contribution in [0.1, 0.15) is 6.92 Å². The van der Waals surface area contributed by atoms with E-state index in [1.165, 1.54) is 0 Å². The van der Waals surface area contributed by atoms with Crippen LogP contribution >= 0.6 is 23.6 Å². The molecule has 1 aromatic heterocycles. The van der Waals surface area contributed by atoms with E-state index in [0.29, 0.717) is 5.11 Å². The Kier molecular flexibility index (Phi) is 4.06. The second kappa shape index (κ2) is 5.75. The molecule has 0 saturated carbocycles. The third kappa shape index (κ3) is 3.25. The standard InChI is InChI=1S/C12H13N3S2/c1-2-13-11(16)15-12-14-10(8-17-12)9-6-4-3-5-7-9/h3-8H,2H2,1H3,(H2,13,14,15,16). The summed E-state index contributed by atoms with van der Waals surface area (Å²) < 4.78 is 0. The largest absolute Gasteiger partial charge is 0.363 e. The molecule has 3 nitrogen and oxygen atoms in total. The van der Waals surface area contributed by atoms with E-state index < -0.39 is 0 Å². The molecule has 0 fully saturated rings. The molecule has 2 N–H and O–H groups in total. The number of anilines is 1. The van der Waals surface area contributed by atoms with Crippen molar-refractivity contribution in [3.8, 4) is 11.3 Å². The molecule has 0 spiro atoms. The first-order valence-corrected chi connectivity index (χ1v) is 6.64. The first-order chi connectivity index (χ1) is 8.29. The molecule has 88 valence electrons. The Balaban J connectivity index is 2.09. The zero-order valence-electron chi connectivity index (χ0n) is 9.43. The molecule has 0 aliphatic rings. The summed E-state index contributed by atoms with van der Waals surface area (Å²) in [6.07, 6.45) is 0. The quantitative estimate of drug-likeness (QED) is 0.834. The van der Waals surface area contributed by atoms with Gasteiger partial charge in [-0.05, 0) is 19.1 Å². The average molecular weight is 263 g/mol. The van der Waals surface area contributed by atoms with E-state index in [0.717, 1.165) is 22.9 Å². The molecule has 2 aromatic rings. The maximum Gasteiger partial charge on any atom is 0.189 e. The highest BCUT2D eigenvalue weighted by molar-refractivity contribution is 7.80. The SMILES string of the molecule is CCNC(=S)Nc1nc(-c2ccccc2)cs1. The monoisotopic (exact) mass is 263 g/mol. The summed E-state index contributed by atoms with van der Waals surface area (Å²) in [5.41, 5.74) is 2.09. The van der Waals surface area contributed by atoms with Gasteiger partial charge in [-0.25, -0.2) is 4.98 Å². The molecule has 0 amide bonds. The number of nitrogens with one attached hydrogen (secondary N) is 2. The molecule has 0 unspecified atom stereocenters. The topological polar surface area (TPSA) is 37.0 Å². The van der Waals surface area contributed by atoms with Crippen LogP contribution in [0.25, 0.3) is 11.3 Å². The summed E-state index contributed by atoms with van der Waals surface area (Å²) in [7, 11) is 0. The van der Waals surface area contributed by atoms with Crippen molar-refractivity contribution >= 4 is 33.8 Å². The smallest absolute Gasteiger partial charge is 0.189 e. The van der Waals surface area contributed by atoms with Crippen LogP contribution in [0.4, 0.5) is 5.13 Å². The Morgan fingerprint density at radius 2 is 2.12 bits per heavy atom. The predicted octanol–water partition coefficient (Wildman–Crippen LogP) is 3.12. The minimum absolute atomic E-state index is 0.612. The van der Waals surface area contributed by atoms with E-state index in [9.17, 15) is 0 Å². The minimum Gasteiger partial charge on any atom is -0.363 e. The molecule has 0 aliphatic carbocycles. The molecule has 1 aromatic carbocycles. The van der Waals surface area contributed by atoms with Gasteiger partial charge >= 0.3 is 0 Å². The molecule has 0 bridgehead atoms. The maximum atomic E-state index is 5.11. The van der Waals surface area contributed by atoms with Gasteiger partial charge in [0.15, 0.2) is 10.2 Å². The van der Waals surface area contributed by atoms with Crippen molar-refractivity contribution < 1.29 is 0 Å². The van der Waals surface area contributed by atoms with Gasteiger partial charge in [-0.1, -0.05) is 30.3 Å². The van der Waals surface area contributed by atoms with Crippen LogP contribution in [-0.2, 0) is 0 Å². The van der Waals surface area contributed by atoms with E-state index in [4.69, 9.17) is 12.2 Å². The van der Waals surface area contributed by atoms with Gasteiger partial charge in [0.05, 0.1) is 5.69 Å². The lowest BCUT2D eigenvalue weighted by Crippen LogP contribution is -2.27. The summed E-state index contributed by atoms with van der Waals surface area (Å²) in [4.78, 5) is 4.48. The number of thiocarbonyl (C=S) groups is 1. The summed E-state index contributed by atoms with van der Waals surface area (Å²) in [6.45, 7) is 2.81. The van der Waals surface area contributed by atoms with Crippen molar-refractivity contribution in [1.82, 2.24) is 10.3 Å². The second-order valence-corrected chi connectivity index (χ2v) is 4.65. The lowest BCUT2D eigenvalue weighted by molar-refractivity contribution is 0.979. The molecule has 17 heavy (non-hydrogen) atoms. The number of thiazole rings is 1. The molecule has 0 saturated heterocycles. The summed E-state index contributed by atoms with van der Waals surface area (Å²) in [6, 6.07) is 10.1. The number of nitrogens with zero attached hydrogens (tertiary/aromatic N) is 1. The average Bonchev–Trinajstić information content (AvgIpc) is 2.79. The van der Waals surface area contributed by atoms with E-state index in [-0.39, 0.29) is 0 Å². The maximum absolute atomic E-state index is 5.11. The van der Waals surface area contributed by atoms with Crippen molar-refractivity contribution in [1.29, 1.82) is 0 Å². The van der Waals surface area contributed by atoms with Crippen LogP contribution in [0.15, 0.2) is 35.7 Å². The van der Waals surface area contributed by atoms with Gasteiger partial charge in [0.2, 0.25) is 0 Å². The number of rotatable bonds is 3. The predicted molar refractivity (Wildman–Crippen MR) is 77.4 cm³/mol. The first-order valence-electron chi connectivity index (χ1n) is 5.35. The van der Waals surface area contributed by atoms with Crippen molar-refractivity contribution in [2.24, 2.45) is 0 Å². The van der Waals surface area contributed by atoms with Gasteiger partial charge in [0, 0.05) is 17.5 Å². The number of benzene rings is 1. The van der Waals surface area contributed by atoms with Gasteiger partial charge in [-0.15, -0.1) is 11.3 Å². The van der Waals surface area contributed by atoms with Gasteiger partial charge in [-0.3, -0.25) is 0 Å². The Bertz CT molecular complexity index is 493. The van der Waals surface area contributed by atoms with Crippen LogP contribution in [0, 0.1) is 0 Å². The molecule has 0 radical (unpaired) electrons. The van der Waals surface area contributed by atoms with E-state index in [1.807, 2.05) is 42.6 Å². The Morgan fingerprint density at radius 1 is 1.35 bits per heavy atom. The van der Waals surface area contributed by atoms with Crippen molar-refractivity contribution in [3.63, 3.8) is 0 Å². The minimum atomic E-state index is 0.612. The molecule has 5 heteroatoms. The third-order valence-electron chi connectivity index (χ3n) is 2.13. The Hall–Kier alpha value is -1.46. The van der Waals surface area contributed by atoms with E-state index >= 15 is 0 Å². The fourth-order valence-electron chi connectivity index (χ4n) is 1.37. The summed E-state index contributed by atoms with van der Waals surface area (Å²) >= 11 is 6.65. The number of hydrogen-bond acceptors (Lipinski definition) is 3. The Labute approximate surface area is 110 Å².